The summed E-state index contributed by atoms with van der Waals surface area (Å²) in [6.45, 7) is 3.92. The van der Waals surface area contributed by atoms with Crippen LogP contribution >= 0.6 is 0 Å². The average molecular weight is 235 g/mol. The van der Waals surface area contributed by atoms with Gasteiger partial charge in [0.15, 0.2) is 0 Å². The van der Waals surface area contributed by atoms with Crippen molar-refractivity contribution >= 4 is 17.6 Å². The summed E-state index contributed by atoms with van der Waals surface area (Å²) < 4.78 is 0. The van der Waals surface area contributed by atoms with Gasteiger partial charge in [0.2, 0.25) is 5.91 Å². The third-order valence-electron chi connectivity index (χ3n) is 2.73. The van der Waals surface area contributed by atoms with E-state index in [0.717, 1.165) is 12.8 Å². The third kappa shape index (κ3) is 3.59. The Labute approximate surface area is 101 Å². The van der Waals surface area contributed by atoms with Gasteiger partial charge < -0.3 is 10.4 Å². The molecule has 2 N–H and O–H groups in total. The number of carboxylic acid groups (broad SMARTS) is 1. The molecule has 0 bridgehead atoms. The first kappa shape index (κ1) is 13.2. The number of carbonyl (C=O) groups excluding carboxylic acids is 1. The van der Waals surface area contributed by atoms with Gasteiger partial charge in [0.1, 0.15) is 0 Å². The maximum Gasteiger partial charge on any atom is 0.335 e. The standard InChI is InChI=1S/C13H17NO3/c1-3-9(4-2)12(15)14-11-7-5-6-10(8-11)13(16)17/h5-9H,3-4H2,1-2H3,(H,14,15)(H,16,17). The van der Waals surface area contributed by atoms with Crippen molar-refractivity contribution in [3.8, 4) is 0 Å². The van der Waals surface area contributed by atoms with Gasteiger partial charge in [-0.2, -0.15) is 0 Å². The Bertz CT molecular complexity index is 411. The number of nitrogens with one attached hydrogen (secondary N) is 1. The number of carbonyl (C=O) groups is 2. The second-order valence-corrected chi connectivity index (χ2v) is 3.89. The van der Waals surface area contributed by atoms with Crippen LogP contribution < -0.4 is 5.32 Å². The van der Waals surface area contributed by atoms with Gasteiger partial charge in [-0.15, -0.1) is 0 Å². The van der Waals surface area contributed by atoms with Crippen molar-refractivity contribution in [2.24, 2.45) is 5.92 Å². The molecule has 1 aromatic carbocycles. The topological polar surface area (TPSA) is 66.4 Å². The highest BCUT2D eigenvalue weighted by Gasteiger charge is 2.14. The van der Waals surface area contributed by atoms with Crippen molar-refractivity contribution in [1.82, 2.24) is 0 Å². The Morgan fingerprint density at radius 1 is 1.29 bits per heavy atom. The van der Waals surface area contributed by atoms with Crippen LogP contribution in [0.2, 0.25) is 0 Å². The van der Waals surface area contributed by atoms with Crippen molar-refractivity contribution in [3.63, 3.8) is 0 Å². The molecule has 1 aromatic rings. The lowest BCUT2D eigenvalue weighted by molar-refractivity contribution is -0.120. The summed E-state index contributed by atoms with van der Waals surface area (Å²) in [5.41, 5.74) is 0.703. The SMILES string of the molecule is CCC(CC)C(=O)Nc1cccc(C(=O)O)c1. The normalized spacial score (nSPS) is 10.3. The predicted molar refractivity (Wildman–Crippen MR) is 66.1 cm³/mol. The molecule has 1 amide bonds. The van der Waals surface area contributed by atoms with E-state index in [0.29, 0.717) is 5.69 Å². The molecule has 0 heterocycles. The monoisotopic (exact) mass is 235 g/mol. The minimum atomic E-state index is -0.997. The van der Waals surface area contributed by atoms with E-state index < -0.39 is 5.97 Å². The van der Waals surface area contributed by atoms with Crippen molar-refractivity contribution in [2.75, 3.05) is 5.32 Å². The predicted octanol–water partition coefficient (Wildman–Crippen LogP) is 2.76. The van der Waals surface area contributed by atoms with Crippen LogP contribution in [-0.2, 0) is 4.79 Å². The number of amides is 1. The molecule has 0 aliphatic rings. The van der Waals surface area contributed by atoms with E-state index >= 15 is 0 Å². The van der Waals surface area contributed by atoms with Gasteiger partial charge in [-0.25, -0.2) is 4.79 Å². The molecule has 0 unspecified atom stereocenters. The molecule has 17 heavy (non-hydrogen) atoms. The van der Waals surface area contributed by atoms with Crippen molar-refractivity contribution in [2.45, 2.75) is 26.7 Å². The van der Waals surface area contributed by atoms with Crippen LogP contribution in [-0.4, -0.2) is 17.0 Å². The summed E-state index contributed by atoms with van der Waals surface area (Å²) in [5.74, 6) is -1.08. The summed E-state index contributed by atoms with van der Waals surface area (Å²) in [6, 6.07) is 6.26. The molecular formula is C13H17NO3. The number of hydrogen-bond donors (Lipinski definition) is 2. The van der Waals surface area contributed by atoms with E-state index in [1.54, 1.807) is 12.1 Å². The molecule has 0 aliphatic carbocycles. The Morgan fingerprint density at radius 3 is 2.47 bits per heavy atom. The number of hydrogen-bond acceptors (Lipinski definition) is 2. The molecule has 4 nitrogen and oxygen atoms in total. The second kappa shape index (κ2) is 6.03. The van der Waals surface area contributed by atoms with Gasteiger partial charge in [-0.3, -0.25) is 4.79 Å². The molecule has 92 valence electrons. The lowest BCUT2D eigenvalue weighted by Crippen LogP contribution is -2.21. The number of aromatic carboxylic acids is 1. The molecule has 0 fully saturated rings. The Hall–Kier alpha value is -1.84. The lowest BCUT2D eigenvalue weighted by atomic mass is 10.0. The lowest BCUT2D eigenvalue weighted by Gasteiger charge is -2.12. The van der Waals surface area contributed by atoms with Crippen LogP contribution in [0.15, 0.2) is 24.3 Å². The molecule has 0 saturated carbocycles. The summed E-state index contributed by atoms with van der Waals surface area (Å²) in [7, 11) is 0. The first-order valence-electron chi connectivity index (χ1n) is 5.72. The van der Waals surface area contributed by atoms with Crippen LogP contribution in [0, 0.1) is 5.92 Å². The Kier molecular flexibility index (Phi) is 4.69. The zero-order chi connectivity index (χ0) is 12.8. The molecule has 0 aliphatic heterocycles. The van der Waals surface area contributed by atoms with Gasteiger partial charge in [0.05, 0.1) is 5.56 Å². The highest BCUT2D eigenvalue weighted by molar-refractivity contribution is 5.94. The Morgan fingerprint density at radius 2 is 1.94 bits per heavy atom. The molecular weight excluding hydrogens is 218 g/mol. The van der Waals surface area contributed by atoms with Gasteiger partial charge in [-0.05, 0) is 31.0 Å². The van der Waals surface area contributed by atoms with Crippen LogP contribution in [0.25, 0.3) is 0 Å². The number of rotatable bonds is 5. The molecule has 0 atom stereocenters. The highest BCUT2D eigenvalue weighted by atomic mass is 16.4. The average Bonchev–Trinajstić information content (AvgIpc) is 2.30. The molecule has 0 aromatic heterocycles. The van der Waals surface area contributed by atoms with Crippen LogP contribution in [0.3, 0.4) is 0 Å². The molecule has 0 saturated heterocycles. The largest absolute Gasteiger partial charge is 0.478 e. The van der Waals surface area contributed by atoms with Crippen LogP contribution in [0.1, 0.15) is 37.0 Å². The van der Waals surface area contributed by atoms with E-state index in [1.165, 1.54) is 12.1 Å². The fourth-order valence-corrected chi connectivity index (χ4v) is 1.63. The first-order valence-corrected chi connectivity index (χ1v) is 5.72. The second-order valence-electron chi connectivity index (χ2n) is 3.89. The van der Waals surface area contributed by atoms with Crippen LogP contribution in [0.5, 0.6) is 0 Å². The summed E-state index contributed by atoms with van der Waals surface area (Å²) in [5, 5.41) is 11.6. The summed E-state index contributed by atoms with van der Waals surface area (Å²) in [4.78, 5) is 22.6. The molecule has 1 rings (SSSR count). The summed E-state index contributed by atoms with van der Waals surface area (Å²) >= 11 is 0. The summed E-state index contributed by atoms with van der Waals surface area (Å²) in [6.07, 6.45) is 1.56. The molecule has 0 radical (unpaired) electrons. The number of anilines is 1. The van der Waals surface area contributed by atoms with E-state index in [4.69, 9.17) is 5.11 Å². The van der Waals surface area contributed by atoms with Crippen molar-refractivity contribution in [3.05, 3.63) is 29.8 Å². The quantitative estimate of drug-likeness (QED) is 0.824. The van der Waals surface area contributed by atoms with Gasteiger partial charge in [-0.1, -0.05) is 19.9 Å². The maximum absolute atomic E-state index is 11.8. The number of carboxylic acids is 1. The third-order valence-corrected chi connectivity index (χ3v) is 2.73. The number of benzene rings is 1. The van der Waals surface area contributed by atoms with E-state index in [-0.39, 0.29) is 17.4 Å². The maximum atomic E-state index is 11.8. The highest BCUT2D eigenvalue weighted by Crippen LogP contribution is 2.14. The minimum Gasteiger partial charge on any atom is -0.478 e. The van der Waals surface area contributed by atoms with E-state index in [1.807, 2.05) is 13.8 Å². The van der Waals surface area contributed by atoms with Crippen molar-refractivity contribution in [1.29, 1.82) is 0 Å². The first-order chi connectivity index (χ1) is 8.08. The Balaban J connectivity index is 2.78. The zero-order valence-electron chi connectivity index (χ0n) is 10.1. The fourth-order valence-electron chi connectivity index (χ4n) is 1.63. The molecule has 0 spiro atoms. The zero-order valence-corrected chi connectivity index (χ0v) is 10.1. The minimum absolute atomic E-state index is 0.0246. The van der Waals surface area contributed by atoms with Crippen LogP contribution in [0.4, 0.5) is 5.69 Å². The van der Waals surface area contributed by atoms with E-state index in [2.05, 4.69) is 5.32 Å². The van der Waals surface area contributed by atoms with Crippen molar-refractivity contribution < 1.29 is 14.7 Å². The van der Waals surface area contributed by atoms with Gasteiger partial charge in [0.25, 0.3) is 0 Å². The van der Waals surface area contributed by atoms with E-state index in [9.17, 15) is 9.59 Å². The van der Waals surface area contributed by atoms with Gasteiger partial charge >= 0.3 is 5.97 Å². The molecule has 4 heteroatoms. The van der Waals surface area contributed by atoms with Gasteiger partial charge in [0, 0.05) is 11.6 Å². The smallest absolute Gasteiger partial charge is 0.335 e. The fraction of sp³-hybridized carbons (Fsp3) is 0.385.